The minimum Gasteiger partial charge on any atom is -0.497 e. The van der Waals surface area contributed by atoms with Crippen molar-refractivity contribution in [3.05, 3.63) is 29.8 Å². The summed E-state index contributed by atoms with van der Waals surface area (Å²) in [6, 6.07) is 8.72. The van der Waals surface area contributed by atoms with Crippen molar-refractivity contribution in [1.29, 1.82) is 0 Å². The second-order valence-electron chi connectivity index (χ2n) is 8.61. The minimum absolute atomic E-state index is 0.0755. The fraction of sp³-hybridized carbons (Fsp3) is 0.636. The number of nitrogens with zero attached hydrogens (tertiary/aromatic N) is 3. The lowest BCUT2D eigenvalue weighted by molar-refractivity contribution is -0.139. The van der Waals surface area contributed by atoms with Crippen molar-refractivity contribution in [2.75, 3.05) is 46.9 Å². The molecule has 0 bridgehead atoms. The third-order valence-electron chi connectivity index (χ3n) is 6.95. The lowest BCUT2D eigenvalue weighted by atomic mass is 9.89. The van der Waals surface area contributed by atoms with Gasteiger partial charge in [-0.25, -0.2) is 0 Å². The first-order chi connectivity index (χ1) is 13.5. The Hall–Kier alpha value is -2.08. The molecule has 1 aromatic carbocycles. The molecular weight excluding hydrogens is 354 g/mol. The van der Waals surface area contributed by atoms with E-state index in [0.717, 1.165) is 38.2 Å². The van der Waals surface area contributed by atoms with Crippen LogP contribution < -0.4 is 4.74 Å². The van der Waals surface area contributed by atoms with Crippen molar-refractivity contribution in [1.82, 2.24) is 14.7 Å². The average molecular weight is 386 g/mol. The number of likely N-dealkylation sites (tertiary alicyclic amines) is 3. The maximum absolute atomic E-state index is 13.1. The van der Waals surface area contributed by atoms with Crippen LogP contribution >= 0.6 is 0 Å². The summed E-state index contributed by atoms with van der Waals surface area (Å²) in [5.41, 5.74) is 1.31. The fourth-order valence-electron chi connectivity index (χ4n) is 5.44. The fourth-order valence-corrected chi connectivity index (χ4v) is 5.44. The van der Waals surface area contributed by atoms with Crippen LogP contribution in [0.2, 0.25) is 0 Å². The highest BCUT2D eigenvalue weighted by molar-refractivity contribution is 5.80. The maximum Gasteiger partial charge on any atom is 0.225 e. The molecule has 2 amide bonds. The molecular formula is C22H31N3O3. The molecule has 1 aromatic rings. The predicted octanol–water partition coefficient (Wildman–Crippen LogP) is 2.01. The number of rotatable bonds is 3. The zero-order valence-electron chi connectivity index (χ0n) is 17.1. The summed E-state index contributed by atoms with van der Waals surface area (Å²) in [6.45, 7) is 5.78. The number of amides is 2. The largest absolute Gasteiger partial charge is 0.497 e. The van der Waals surface area contributed by atoms with E-state index in [1.807, 2.05) is 17.0 Å². The van der Waals surface area contributed by atoms with Gasteiger partial charge in [-0.2, -0.15) is 0 Å². The zero-order valence-corrected chi connectivity index (χ0v) is 17.1. The highest BCUT2D eigenvalue weighted by Gasteiger charge is 2.48. The van der Waals surface area contributed by atoms with Gasteiger partial charge in [-0.15, -0.1) is 0 Å². The Morgan fingerprint density at radius 2 is 1.68 bits per heavy atom. The highest BCUT2D eigenvalue weighted by Crippen LogP contribution is 2.44. The van der Waals surface area contributed by atoms with Crippen LogP contribution in [0.1, 0.15) is 31.4 Å². The molecule has 0 unspecified atom stereocenters. The second-order valence-corrected chi connectivity index (χ2v) is 8.61. The molecule has 6 heteroatoms. The molecule has 0 saturated carbocycles. The van der Waals surface area contributed by atoms with Crippen LogP contribution in [0.25, 0.3) is 0 Å². The van der Waals surface area contributed by atoms with E-state index in [0.29, 0.717) is 36.9 Å². The Bertz CT molecular complexity index is 727. The van der Waals surface area contributed by atoms with Gasteiger partial charge in [0.1, 0.15) is 5.75 Å². The number of carbonyl (C=O) groups excluding carboxylic acids is 2. The summed E-state index contributed by atoms with van der Waals surface area (Å²) in [7, 11) is 3.88. The van der Waals surface area contributed by atoms with E-state index in [1.165, 1.54) is 5.56 Å². The Morgan fingerprint density at radius 1 is 1.00 bits per heavy atom. The van der Waals surface area contributed by atoms with Gasteiger partial charge in [0.2, 0.25) is 11.8 Å². The number of piperidine rings is 1. The van der Waals surface area contributed by atoms with Crippen molar-refractivity contribution in [3.8, 4) is 5.75 Å². The first-order valence-corrected chi connectivity index (χ1v) is 10.4. The van der Waals surface area contributed by atoms with Crippen LogP contribution in [-0.2, 0) is 9.59 Å². The van der Waals surface area contributed by atoms with Crippen LogP contribution in [0.3, 0.4) is 0 Å². The van der Waals surface area contributed by atoms with Crippen molar-refractivity contribution >= 4 is 11.8 Å². The van der Waals surface area contributed by atoms with Crippen molar-refractivity contribution in [3.63, 3.8) is 0 Å². The number of fused-ring (bicyclic) bond motifs is 1. The van der Waals surface area contributed by atoms with Crippen LogP contribution in [0.4, 0.5) is 0 Å². The summed E-state index contributed by atoms with van der Waals surface area (Å²) >= 11 is 0. The summed E-state index contributed by atoms with van der Waals surface area (Å²) in [5, 5.41) is 0. The first kappa shape index (κ1) is 19.2. The second kappa shape index (κ2) is 7.74. The average Bonchev–Trinajstić information content (AvgIpc) is 3.24. The smallest absolute Gasteiger partial charge is 0.225 e. The molecule has 3 saturated heterocycles. The summed E-state index contributed by atoms with van der Waals surface area (Å²) in [4.78, 5) is 31.0. The van der Waals surface area contributed by atoms with Gasteiger partial charge in [0.05, 0.1) is 7.11 Å². The predicted molar refractivity (Wildman–Crippen MR) is 107 cm³/mol. The van der Waals surface area contributed by atoms with E-state index < -0.39 is 0 Å². The minimum atomic E-state index is 0.0755. The molecule has 28 heavy (non-hydrogen) atoms. The Kier molecular flexibility index (Phi) is 5.32. The third kappa shape index (κ3) is 3.50. The number of benzene rings is 1. The lowest BCUT2D eigenvalue weighted by Gasteiger charge is -2.33. The van der Waals surface area contributed by atoms with Crippen molar-refractivity contribution in [2.45, 2.75) is 25.8 Å². The number of hydrogen-bond acceptors (Lipinski definition) is 4. The molecule has 0 aromatic heterocycles. The van der Waals surface area contributed by atoms with E-state index in [9.17, 15) is 9.59 Å². The van der Waals surface area contributed by atoms with Gasteiger partial charge in [-0.1, -0.05) is 12.1 Å². The van der Waals surface area contributed by atoms with Gasteiger partial charge in [0.15, 0.2) is 0 Å². The quantitative estimate of drug-likeness (QED) is 0.799. The van der Waals surface area contributed by atoms with Crippen molar-refractivity contribution in [2.24, 2.45) is 17.8 Å². The molecule has 0 N–H and O–H groups in total. The molecule has 0 radical (unpaired) electrons. The van der Waals surface area contributed by atoms with E-state index in [2.05, 4.69) is 29.0 Å². The Labute approximate surface area is 167 Å². The van der Waals surface area contributed by atoms with E-state index in [-0.39, 0.29) is 11.8 Å². The van der Waals surface area contributed by atoms with Crippen molar-refractivity contribution < 1.29 is 14.3 Å². The lowest BCUT2D eigenvalue weighted by Crippen LogP contribution is -2.44. The van der Waals surface area contributed by atoms with Gasteiger partial charge < -0.3 is 14.5 Å². The van der Waals surface area contributed by atoms with Gasteiger partial charge in [-0.3, -0.25) is 14.5 Å². The van der Waals surface area contributed by atoms with Crippen LogP contribution in [0, 0.1) is 17.8 Å². The third-order valence-corrected chi connectivity index (χ3v) is 6.95. The molecule has 0 spiro atoms. The van der Waals surface area contributed by atoms with E-state index >= 15 is 0 Å². The topological polar surface area (TPSA) is 53.1 Å². The summed E-state index contributed by atoms with van der Waals surface area (Å²) < 4.78 is 5.29. The molecule has 152 valence electrons. The van der Waals surface area contributed by atoms with Crippen LogP contribution in [0.5, 0.6) is 5.75 Å². The van der Waals surface area contributed by atoms with Crippen LogP contribution in [0.15, 0.2) is 24.3 Å². The van der Waals surface area contributed by atoms with E-state index in [1.54, 1.807) is 14.0 Å². The Morgan fingerprint density at radius 3 is 2.29 bits per heavy atom. The van der Waals surface area contributed by atoms with Crippen LogP contribution in [-0.4, -0.2) is 73.4 Å². The zero-order chi connectivity index (χ0) is 19.8. The summed E-state index contributed by atoms with van der Waals surface area (Å²) in [5.74, 6) is 2.39. The molecule has 3 atom stereocenters. The van der Waals surface area contributed by atoms with Gasteiger partial charge in [0, 0.05) is 57.5 Å². The monoisotopic (exact) mass is 385 g/mol. The Balaban J connectivity index is 1.41. The van der Waals surface area contributed by atoms with Gasteiger partial charge >= 0.3 is 0 Å². The maximum atomic E-state index is 13.1. The molecule has 6 nitrogen and oxygen atoms in total. The summed E-state index contributed by atoms with van der Waals surface area (Å²) in [6.07, 6.45) is 1.60. The normalized spacial score (nSPS) is 28.5. The molecule has 4 rings (SSSR count). The molecule has 3 aliphatic heterocycles. The van der Waals surface area contributed by atoms with Gasteiger partial charge in [0.25, 0.3) is 0 Å². The highest BCUT2D eigenvalue weighted by atomic mass is 16.5. The molecule has 3 aliphatic rings. The molecule has 0 aliphatic carbocycles. The number of hydrogen-bond donors (Lipinski definition) is 0. The first-order valence-electron chi connectivity index (χ1n) is 10.4. The number of carbonyl (C=O) groups is 2. The van der Waals surface area contributed by atoms with E-state index in [4.69, 9.17) is 4.74 Å². The number of methoxy groups -OCH3 is 1. The van der Waals surface area contributed by atoms with Gasteiger partial charge in [-0.05, 0) is 43.5 Å². The standard InChI is InChI=1S/C22H31N3O3/c1-15(26)24-10-8-17(9-11-24)22(27)25-13-18-12-23(2)21(20(18)14-25)16-4-6-19(28-3)7-5-16/h4-7,17-18,20-21H,8-14H2,1-3H3/t18-,20+,21+/m0/s1. The molecule has 3 fully saturated rings. The number of ether oxygens (including phenoxy) is 1. The molecule has 3 heterocycles. The SMILES string of the molecule is COc1ccc([C@@H]2[C@@H]3CN(C(=O)C4CCN(C(C)=O)CC4)C[C@@H]3CN2C)cc1.